The molecule has 0 spiro atoms. The molecule has 1 unspecified atom stereocenters. The molecule has 0 radical (unpaired) electrons. The highest BCUT2D eigenvalue weighted by molar-refractivity contribution is 7.87. The normalized spacial score (nSPS) is 22.0. The largest absolute Gasteiger partial charge is 0.319 e. The fourth-order valence-electron chi connectivity index (χ4n) is 2.50. The standard InChI is InChI=1S/C13H29N3O2S/c1-12(2)6-4-8-15-19(17,18)16-9-5-7-13(11-16)10-14-3/h12-15H,4-11H2,1-3H3. The molecule has 1 saturated heterocycles. The Bertz CT molecular complexity index is 342. The highest BCUT2D eigenvalue weighted by Gasteiger charge is 2.27. The van der Waals surface area contributed by atoms with Gasteiger partial charge in [-0.3, -0.25) is 0 Å². The first-order chi connectivity index (χ1) is 8.95. The van der Waals surface area contributed by atoms with E-state index in [1.54, 1.807) is 4.31 Å². The van der Waals surface area contributed by atoms with E-state index in [9.17, 15) is 8.42 Å². The van der Waals surface area contributed by atoms with E-state index in [2.05, 4.69) is 23.9 Å². The first kappa shape index (κ1) is 16.9. The Morgan fingerprint density at radius 1 is 1.37 bits per heavy atom. The molecule has 2 N–H and O–H groups in total. The van der Waals surface area contributed by atoms with E-state index in [1.807, 2.05) is 7.05 Å². The van der Waals surface area contributed by atoms with Crippen LogP contribution in [0.3, 0.4) is 0 Å². The summed E-state index contributed by atoms with van der Waals surface area (Å²) >= 11 is 0. The van der Waals surface area contributed by atoms with E-state index >= 15 is 0 Å². The Morgan fingerprint density at radius 2 is 2.11 bits per heavy atom. The van der Waals surface area contributed by atoms with Crippen molar-refractivity contribution in [3.8, 4) is 0 Å². The molecule has 0 amide bonds. The SMILES string of the molecule is CNCC1CCCN(S(=O)(=O)NCCCC(C)C)C1. The van der Waals surface area contributed by atoms with Gasteiger partial charge in [0.05, 0.1) is 0 Å². The van der Waals surface area contributed by atoms with Gasteiger partial charge in [0.15, 0.2) is 0 Å². The fraction of sp³-hybridized carbons (Fsp3) is 1.00. The third kappa shape index (κ3) is 6.21. The lowest BCUT2D eigenvalue weighted by atomic mass is 10.00. The van der Waals surface area contributed by atoms with E-state index in [4.69, 9.17) is 0 Å². The van der Waals surface area contributed by atoms with Crippen molar-refractivity contribution in [2.45, 2.75) is 39.5 Å². The zero-order valence-corrected chi connectivity index (χ0v) is 13.3. The van der Waals surface area contributed by atoms with Crippen LogP contribution in [-0.4, -0.2) is 45.9 Å². The molecule has 1 heterocycles. The predicted molar refractivity (Wildman–Crippen MR) is 79.2 cm³/mol. The first-order valence-electron chi connectivity index (χ1n) is 7.35. The van der Waals surface area contributed by atoms with Crippen LogP contribution in [0.15, 0.2) is 0 Å². The summed E-state index contributed by atoms with van der Waals surface area (Å²) in [6, 6.07) is 0. The van der Waals surface area contributed by atoms with Gasteiger partial charge < -0.3 is 5.32 Å². The molecule has 0 aliphatic carbocycles. The molecule has 1 aliphatic rings. The summed E-state index contributed by atoms with van der Waals surface area (Å²) in [7, 11) is -1.36. The van der Waals surface area contributed by atoms with Crippen LogP contribution < -0.4 is 10.0 Å². The molecule has 19 heavy (non-hydrogen) atoms. The Hall–Kier alpha value is -0.170. The van der Waals surface area contributed by atoms with Crippen molar-refractivity contribution in [3.05, 3.63) is 0 Å². The lowest BCUT2D eigenvalue weighted by Gasteiger charge is -2.31. The van der Waals surface area contributed by atoms with E-state index in [1.165, 1.54) is 0 Å². The van der Waals surface area contributed by atoms with Crippen molar-refractivity contribution in [1.82, 2.24) is 14.3 Å². The van der Waals surface area contributed by atoms with Crippen molar-refractivity contribution in [2.75, 3.05) is 33.2 Å². The average Bonchev–Trinajstić information content (AvgIpc) is 2.35. The van der Waals surface area contributed by atoms with Gasteiger partial charge in [-0.15, -0.1) is 0 Å². The Kier molecular flexibility index (Phi) is 7.28. The van der Waals surface area contributed by atoms with Gasteiger partial charge in [-0.05, 0) is 51.1 Å². The van der Waals surface area contributed by atoms with Gasteiger partial charge in [0, 0.05) is 19.6 Å². The molecule has 1 rings (SSSR count). The molecule has 6 heteroatoms. The van der Waals surface area contributed by atoms with Crippen LogP contribution in [-0.2, 0) is 10.2 Å². The molecule has 0 aromatic rings. The van der Waals surface area contributed by atoms with Gasteiger partial charge in [0.1, 0.15) is 0 Å². The van der Waals surface area contributed by atoms with Crippen LogP contribution in [0.5, 0.6) is 0 Å². The molecule has 114 valence electrons. The Labute approximate surface area is 118 Å². The fourth-order valence-corrected chi connectivity index (χ4v) is 3.86. The second kappa shape index (κ2) is 8.19. The number of rotatable bonds is 8. The third-order valence-electron chi connectivity index (χ3n) is 3.56. The number of hydrogen-bond donors (Lipinski definition) is 2. The summed E-state index contributed by atoms with van der Waals surface area (Å²) in [5.41, 5.74) is 0. The van der Waals surface area contributed by atoms with Gasteiger partial charge in [-0.2, -0.15) is 12.7 Å². The monoisotopic (exact) mass is 291 g/mol. The van der Waals surface area contributed by atoms with Crippen molar-refractivity contribution < 1.29 is 8.42 Å². The predicted octanol–water partition coefficient (Wildman–Crippen LogP) is 1.19. The highest BCUT2D eigenvalue weighted by Crippen LogP contribution is 2.17. The second-order valence-corrected chi connectivity index (χ2v) is 7.61. The van der Waals surface area contributed by atoms with Gasteiger partial charge in [0.2, 0.25) is 0 Å². The second-order valence-electron chi connectivity index (χ2n) is 5.86. The van der Waals surface area contributed by atoms with E-state index in [0.717, 1.165) is 32.2 Å². The van der Waals surface area contributed by atoms with E-state index in [-0.39, 0.29) is 0 Å². The molecular weight excluding hydrogens is 262 g/mol. The minimum absolute atomic E-state index is 0.436. The molecule has 1 fully saturated rings. The van der Waals surface area contributed by atoms with Gasteiger partial charge in [-0.25, -0.2) is 4.72 Å². The molecule has 0 saturated carbocycles. The number of hydrogen-bond acceptors (Lipinski definition) is 3. The van der Waals surface area contributed by atoms with Gasteiger partial charge in [-0.1, -0.05) is 13.8 Å². The summed E-state index contributed by atoms with van der Waals surface area (Å²) in [5, 5.41) is 3.13. The maximum atomic E-state index is 12.2. The van der Waals surface area contributed by atoms with Crippen LogP contribution in [0.25, 0.3) is 0 Å². The van der Waals surface area contributed by atoms with Crippen molar-refractivity contribution in [3.63, 3.8) is 0 Å². The van der Waals surface area contributed by atoms with E-state index < -0.39 is 10.2 Å². The van der Waals surface area contributed by atoms with Gasteiger partial charge >= 0.3 is 0 Å². The van der Waals surface area contributed by atoms with Crippen LogP contribution in [0, 0.1) is 11.8 Å². The van der Waals surface area contributed by atoms with E-state index in [0.29, 0.717) is 31.5 Å². The average molecular weight is 291 g/mol. The molecule has 1 aliphatic heterocycles. The molecule has 5 nitrogen and oxygen atoms in total. The summed E-state index contributed by atoms with van der Waals surface area (Å²) < 4.78 is 28.7. The summed E-state index contributed by atoms with van der Waals surface area (Å²) in [4.78, 5) is 0. The lowest BCUT2D eigenvalue weighted by Crippen LogP contribution is -2.47. The topological polar surface area (TPSA) is 61.4 Å². The third-order valence-corrected chi connectivity index (χ3v) is 5.14. The minimum atomic E-state index is -3.28. The summed E-state index contributed by atoms with van der Waals surface area (Å²) in [6.07, 6.45) is 4.04. The quantitative estimate of drug-likeness (QED) is 0.660. The van der Waals surface area contributed by atoms with Crippen LogP contribution in [0.2, 0.25) is 0 Å². The van der Waals surface area contributed by atoms with Crippen LogP contribution >= 0.6 is 0 Å². The first-order valence-corrected chi connectivity index (χ1v) is 8.79. The van der Waals surface area contributed by atoms with Crippen LogP contribution in [0.1, 0.15) is 39.5 Å². The molecular formula is C13H29N3O2S. The Morgan fingerprint density at radius 3 is 2.74 bits per heavy atom. The zero-order valence-electron chi connectivity index (χ0n) is 12.5. The maximum Gasteiger partial charge on any atom is 0.279 e. The number of nitrogens with zero attached hydrogens (tertiary/aromatic N) is 1. The molecule has 0 aromatic heterocycles. The number of piperidine rings is 1. The summed E-state index contributed by atoms with van der Waals surface area (Å²) in [5.74, 6) is 1.06. The molecule has 0 bridgehead atoms. The smallest absolute Gasteiger partial charge is 0.279 e. The highest BCUT2D eigenvalue weighted by atomic mass is 32.2. The maximum absolute atomic E-state index is 12.2. The Balaban J connectivity index is 2.38. The van der Waals surface area contributed by atoms with Crippen molar-refractivity contribution >= 4 is 10.2 Å². The number of nitrogens with one attached hydrogen (secondary N) is 2. The lowest BCUT2D eigenvalue weighted by molar-refractivity contribution is 0.261. The summed E-state index contributed by atoms with van der Waals surface area (Å²) in [6.45, 7) is 7.04. The van der Waals surface area contributed by atoms with Gasteiger partial charge in [0.25, 0.3) is 10.2 Å². The van der Waals surface area contributed by atoms with Crippen molar-refractivity contribution in [2.24, 2.45) is 11.8 Å². The molecule has 0 aromatic carbocycles. The molecule has 1 atom stereocenters. The minimum Gasteiger partial charge on any atom is -0.319 e. The van der Waals surface area contributed by atoms with Crippen LogP contribution in [0.4, 0.5) is 0 Å². The zero-order chi connectivity index (χ0) is 14.3. The van der Waals surface area contributed by atoms with Crippen molar-refractivity contribution in [1.29, 1.82) is 0 Å².